The van der Waals surface area contributed by atoms with Gasteiger partial charge in [-0.3, -0.25) is 14.5 Å². The zero-order valence-electron chi connectivity index (χ0n) is 20.4. The van der Waals surface area contributed by atoms with Gasteiger partial charge in [0.1, 0.15) is 0 Å². The first-order valence-corrected chi connectivity index (χ1v) is 13.4. The lowest BCUT2D eigenvalue weighted by molar-refractivity contribution is 0.00877. The summed E-state index contributed by atoms with van der Waals surface area (Å²) in [4.78, 5) is 33.3. The fraction of sp³-hybridized carbons (Fsp3) is 0.267. The van der Waals surface area contributed by atoms with Crippen molar-refractivity contribution in [2.45, 2.75) is 13.0 Å². The zero-order chi connectivity index (χ0) is 24.6. The van der Waals surface area contributed by atoms with Crippen molar-refractivity contribution in [1.82, 2.24) is 14.7 Å². The predicted octanol–water partition coefficient (Wildman–Crippen LogP) is 5.16. The van der Waals surface area contributed by atoms with E-state index in [9.17, 15) is 9.59 Å². The van der Waals surface area contributed by atoms with Crippen LogP contribution in [-0.4, -0.2) is 71.8 Å². The fourth-order valence-corrected chi connectivity index (χ4v) is 6.44. The minimum Gasteiger partial charge on any atom is -0.336 e. The first kappa shape index (κ1) is 23.0. The van der Waals surface area contributed by atoms with Crippen LogP contribution in [0.3, 0.4) is 0 Å². The molecule has 0 atom stereocenters. The maximum absolute atomic E-state index is 13.4. The van der Waals surface area contributed by atoms with Crippen LogP contribution in [-0.2, 0) is 0 Å². The Morgan fingerprint density at radius 1 is 0.750 bits per heavy atom. The fourth-order valence-electron chi connectivity index (χ4n) is 5.28. The number of hydrogen-bond acceptors (Lipinski definition) is 4. The number of carbonyl (C=O) groups is 2. The van der Waals surface area contributed by atoms with Crippen molar-refractivity contribution in [3.05, 3.63) is 94.9 Å². The molecule has 182 valence electrons. The summed E-state index contributed by atoms with van der Waals surface area (Å²) in [6, 6.07) is 26.7. The van der Waals surface area contributed by atoms with Gasteiger partial charge in [-0.1, -0.05) is 54.6 Å². The highest BCUT2D eigenvalue weighted by atomic mass is 32.1. The number of carbonyl (C=O) groups excluding carboxylic acids is 2. The average Bonchev–Trinajstić information content (AvgIpc) is 3.24. The molecule has 6 rings (SSSR count). The largest absolute Gasteiger partial charge is 0.336 e. The normalized spacial score (nSPS) is 16.8. The summed E-state index contributed by atoms with van der Waals surface area (Å²) in [5.41, 5.74) is 4.20. The SMILES string of the molecule is Cc1c(C(=O)N2CC(N3CCN(C(=O)c4ccccc4)CC3)C2)sc2ccc(-c3ccccc3)cc12. The van der Waals surface area contributed by atoms with Crippen molar-refractivity contribution in [2.75, 3.05) is 39.3 Å². The molecule has 2 saturated heterocycles. The molecule has 3 aromatic carbocycles. The van der Waals surface area contributed by atoms with Crippen LogP contribution in [0.1, 0.15) is 25.6 Å². The Kier molecular flexibility index (Phi) is 6.07. The number of thiophene rings is 1. The molecule has 0 unspecified atom stereocenters. The number of benzene rings is 3. The highest BCUT2D eigenvalue weighted by molar-refractivity contribution is 7.21. The van der Waals surface area contributed by atoms with Crippen LogP contribution in [0, 0.1) is 6.92 Å². The predicted molar refractivity (Wildman–Crippen MR) is 146 cm³/mol. The van der Waals surface area contributed by atoms with E-state index in [1.54, 1.807) is 11.3 Å². The van der Waals surface area contributed by atoms with E-state index in [1.807, 2.05) is 46.2 Å². The number of amides is 2. The van der Waals surface area contributed by atoms with Gasteiger partial charge in [0.05, 0.1) is 4.88 Å². The Morgan fingerprint density at radius 3 is 2.11 bits per heavy atom. The van der Waals surface area contributed by atoms with Gasteiger partial charge in [-0.25, -0.2) is 0 Å². The number of fused-ring (bicyclic) bond motifs is 1. The number of likely N-dealkylation sites (tertiary alicyclic amines) is 1. The van der Waals surface area contributed by atoms with Gasteiger partial charge in [-0.15, -0.1) is 11.3 Å². The first-order valence-electron chi connectivity index (χ1n) is 12.5. The number of piperazine rings is 1. The zero-order valence-corrected chi connectivity index (χ0v) is 21.2. The van der Waals surface area contributed by atoms with Gasteiger partial charge in [0, 0.05) is 55.6 Å². The molecule has 0 aliphatic carbocycles. The standard InChI is InChI=1S/C30H29N3O2S/c1-21-26-18-24(22-8-4-2-5-9-22)12-13-27(26)36-28(21)30(35)33-19-25(20-33)31-14-16-32(17-15-31)29(34)23-10-6-3-7-11-23/h2-13,18,25H,14-17,19-20H2,1H3. The van der Waals surface area contributed by atoms with Gasteiger partial charge in [0.25, 0.3) is 11.8 Å². The summed E-state index contributed by atoms with van der Waals surface area (Å²) in [6.45, 7) is 6.77. The Morgan fingerprint density at radius 2 is 1.42 bits per heavy atom. The first-order chi connectivity index (χ1) is 17.6. The molecule has 2 amide bonds. The van der Waals surface area contributed by atoms with E-state index in [2.05, 4.69) is 54.3 Å². The molecule has 0 radical (unpaired) electrons. The van der Waals surface area contributed by atoms with Crippen LogP contribution < -0.4 is 0 Å². The molecule has 2 aliphatic heterocycles. The average molecular weight is 496 g/mol. The van der Waals surface area contributed by atoms with Gasteiger partial charge < -0.3 is 9.80 Å². The van der Waals surface area contributed by atoms with Gasteiger partial charge in [0.15, 0.2) is 0 Å². The quantitative estimate of drug-likeness (QED) is 0.393. The molecule has 0 spiro atoms. The Bertz CT molecular complexity index is 1400. The Balaban J connectivity index is 1.08. The lowest BCUT2D eigenvalue weighted by Gasteiger charge is -2.48. The van der Waals surface area contributed by atoms with Crippen LogP contribution in [0.2, 0.25) is 0 Å². The van der Waals surface area contributed by atoms with Crippen molar-refractivity contribution in [3.63, 3.8) is 0 Å². The monoisotopic (exact) mass is 495 g/mol. The van der Waals surface area contributed by atoms with E-state index in [1.165, 1.54) is 16.5 Å². The van der Waals surface area contributed by atoms with Crippen LogP contribution in [0.5, 0.6) is 0 Å². The lowest BCUT2D eigenvalue weighted by Crippen LogP contribution is -2.64. The summed E-state index contributed by atoms with van der Waals surface area (Å²) < 4.78 is 1.16. The highest BCUT2D eigenvalue weighted by Crippen LogP contribution is 2.35. The molecule has 0 bridgehead atoms. The summed E-state index contributed by atoms with van der Waals surface area (Å²) >= 11 is 1.60. The molecule has 2 aliphatic rings. The topological polar surface area (TPSA) is 43.9 Å². The third kappa shape index (κ3) is 4.21. The van der Waals surface area contributed by atoms with Gasteiger partial charge in [-0.05, 0) is 53.3 Å². The maximum atomic E-state index is 13.4. The molecule has 0 saturated carbocycles. The molecule has 0 N–H and O–H groups in total. The second kappa shape index (κ2) is 9.52. The van der Waals surface area contributed by atoms with Crippen molar-refractivity contribution in [3.8, 4) is 11.1 Å². The van der Waals surface area contributed by atoms with E-state index in [4.69, 9.17) is 0 Å². The van der Waals surface area contributed by atoms with Crippen molar-refractivity contribution < 1.29 is 9.59 Å². The van der Waals surface area contributed by atoms with Crippen LogP contribution >= 0.6 is 11.3 Å². The minimum atomic E-state index is 0.108. The van der Waals surface area contributed by atoms with Crippen LogP contribution in [0.4, 0.5) is 0 Å². The van der Waals surface area contributed by atoms with E-state index >= 15 is 0 Å². The van der Waals surface area contributed by atoms with Gasteiger partial charge >= 0.3 is 0 Å². The van der Waals surface area contributed by atoms with Crippen molar-refractivity contribution in [2.24, 2.45) is 0 Å². The minimum absolute atomic E-state index is 0.108. The number of nitrogens with zero attached hydrogens (tertiary/aromatic N) is 3. The molecular weight excluding hydrogens is 466 g/mol. The van der Waals surface area contributed by atoms with Crippen LogP contribution in [0.25, 0.3) is 21.2 Å². The van der Waals surface area contributed by atoms with Crippen molar-refractivity contribution in [1.29, 1.82) is 0 Å². The van der Waals surface area contributed by atoms with Gasteiger partial charge in [-0.2, -0.15) is 0 Å². The number of rotatable bonds is 4. The molecule has 3 heterocycles. The van der Waals surface area contributed by atoms with E-state index in [0.29, 0.717) is 6.04 Å². The smallest absolute Gasteiger partial charge is 0.264 e. The third-order valence-corrected chi connectivity index (χ3v) is 8.79. The Hall–Kier alpha value is -3.48. The number of aryl methyl sites for hydroxylation is 1. The summed E-state index contributed by atoms with van der Waals surface area (Å²) in [7, 11) is 0. The summed E-state index contributed by atoms with van der Waals surface area (Å²) in [5.74, 6) is 0.250. The molecule has 36 heavy (non-hydrogen) atoms. The van der Waals surface area contributed by atoms with E-state index < -0.39 is 0 Å². The third-order valence-electron chi connectivity index (χ3n) is 7.53. The van der Waals surface area contributed by atoms with Gasteiger partial charge in [0.2, 0.25) is 0 Å². The molecule has 2 fully saturated rings. The van der Waals surface area contributed by atoms with E-state index in [0.717, 1.165) is 60.0 Å². The second-order valence-electron chi connectivity index (χ2n) is 9.69. The molecular formula is C30H29N3O2S. The lowest BCUT2D eigenvalue weighted by atomic mass is 10.0. The molecule has 6 heteroatoms. The van der Waals surface area contributed by atoms with Crippen LogP contribution in [0.15, 0.2) is 78.9 Å². The second-order valence-corrected chi connectivity index (χ2v) is 10.7. The number of hydrogen-bond donors (Lipinski definition) is 0. The summed E-state index contributed by atoms with van der Waals surface area (Å²) in [5, 5.41) is 1.17. The molecule has 1 aromatic heterocycles. The van der Waals surface area contributed by atoms with E-state index in [-0.39, 0.29) is 11.8 Å². The Labute approximate surface area is 215 Å². The maximum Gasteiger partial charge on any atom is 0.264 e. The molecule has 4 aromatic rings. The summed E-state index contributed by atoms with van der Waals surface area (Å²) in [6.07, 6.45) is 0. The van der Waals surface area contributed by atoms with Crippen molar-refractivity contribution >= 4 is 33.2 Å². The highest BCUT2D eigenvalue weighted by Gasteiger charge is 2.38. The molecule has 5 nitrogen and oxygen atoms in total.